The molecule has 0 saturated carbocycles. The average molecular weight is 325 g/mol. The first-order valence-electron chi connectivity index (χ1n) is 7.24. The monoisotopic (exact) mass is 325 g/mol. The van der Waals surface area contributed by atoms with Crippen LogP contribution >= 0.6 is 0 Å². The summed E-state index contributed by atoms with van der Waals surface area (Å²) in [5, 5.41) is 19.6. The molecule has 4 atom stereocenters. The Morgan fingerprint density at radius 3 is 2.96 bits per heavy atom. The van der Waals surface area contributed by atoms with Crippen LogP contribution in [0.15, 0.2) is 11.1 Å². The number of H-pyrrole nitrogens is 1. The van der Waals surface area contributed by atoms with Crippen molar-refractivity contribution in [3.05, 3.63) is 16.7 Å². The van der Waals surface area contributed by atoms with Crippen LogP contribution in [-0.2, 0) is 9.47 Å². The Bertz CT molecular complexity index is 757. The van der Waals surface area contributed by atoms with Gasteiger partial charge in [0.25, 0.3) is 5.56 Å². The van der Waals surface area contributed by atoms with Crippen LogP contribution in [0.3, 0.4) is 0 Å². The Balaban J connectivity index is 2.07. The van der Waals surface area contributed by atoms with E-state index >= 15 is 0 Å². The minimum absolute atomic E-state index is 0.0529. The zero-order valence-electron chi connectivity index (χ0n) is 12.7. The molecule has 126 valence electrons. The number of nitrogens with two attached hydrogens (primary N) is 1. The van der Waals surface area contributed by atoms with E-state index in [1.165, 1.54) is 10.9 Å². The van der Waals surface area contributed by atoms with Crippen LogP contribution in [0.2, 0.25) is 0 Å². The number of aliphatic hydroxyl groups is 2. The summed E-state index contributed by atoms with van der Waals surface area (Å²) in [5.41, 5.74) is 5.44. The molecule has 1 aliphatic heterocycles. The molecule has 3 heterocycles. The van der Waals surface area contributed by atoms with E-state index in [2.05, 4.69) is 15.0 Å². The minimum Gasteiger partial charge on any atom is -0.394 e. The first-order valence-corrected chi connectivity index (χ1v) is 7.24. The molecule has 1 aliphatic rings. The second-order valence-electron chi connectivity index (χ2n) is 5.66. The number of imidazole rings is 1. The van der Waals surface area contributed by atoms with Crippen LogP contribution in [-0.4, -0.2) is 60.8 Å². The molecule has 10 heteroatoms. The first-order chi connectivity index (χ1) is 10.9. The lowest BCUT2D eigenvalue weighted by Crippen LogP contribution is -2.37. The fourth-order valence-electron chi connectivity index (χ4n) is 2.68. The lowest BCUT2D eigenvalue weighted by Gasteiger charge is -2.24. The second kappa shape index (κ2) is 5.89. The van der Waals surface area contributed by atoms with Crippen molar-refractivity contribution < 1.29 is 19.7 Å². The Morgan fingerprint density at radius 1 is 1.57 bits per heavy atom. The highest BCUT2D eigenvalue weighted by atomic mass is 16.6. The summed E-state index contributed by atoms with van der Waals surface area (Å²) in [4.78, 5) is 22.3. The number of nitrogens with zero attached hydrogens (tertiary/aromatic N) is 3. The second-order valence-corrected chi connectivity index (χ2v) is 5.66. The van der Waals surface area contributed by atoms with E-state index in [0.717, 1.165) is 0 Å². The smallest absolute Gasteiger partial charge is 0.280 e. The highest BCUT2D eigenvalue weighted by Gasteiger charge is 2.46. The summed E-state index contributed by atoms with van der Waals surface area (Å²) in [6.45, 7) is 3.28. The van der Waals surface area contributed by atoms with E-state index in [1.807, 2.05) is 13.8 Å². The van der Waals surface area contributed by atoms with E-state index in [9.17, 15) is 15.0 Å². The molecule has 0 spiro atoms. The van der Waals surface area contributed by atoms with Gasteiger partial charge in [-0.2, -0.15) is 4.98 Å². The lowest BCUT2D eigenvalue weighted by atomic mass is 10.1. The Morgan fingerprint density at radius 2 is 2.30 bits per heavy atom. The van der Waals surface area contributed by atoms with Crippen molar-refractivity contribution >= 4 is 17.1 Å². The maximum atomic E-state index is 11.9. The molecule has 5 N–H and O–H groups in total. The van der Waals surface area contributed by atoms with Crippen molar-refractivity contribution in [2.24, 2.45) is 0 Å². The number of anilines is 1. The molecule has 1 fully saturated rings. The van der Waals surface area contributed by atoms with Crippen LogP contribution in [0.4, 0.5) is 5.95 Å². The van der Waals surface area contributed by atoms with Gasteiger partial charge in [-0.05, 0) is 13.8 Å². The average Bonchev–Trinajstić information content (AvgIpc) is 3.01. The van der Waals surface area contributed by atoms with Gasteiger partial charge in [-0.15, -0.1) is 0 Å². The topological polar surface area (TPSA) is 149 Å². The molecule has 0 aliphatic carbocycles. The molecule has 0 unspecified atom stereocenters. The maximum absolute atomic E-state index is 11.9. The zero-order chi connectivity index (χ0) is 16.7. The summed E-state index contributed by atoms with van der Waals surface area (Å²) in [7, 11) is 0. The van der Waals surface area contributed by atoms with Gasteiger partial charge in [0, 0.05) is 0 Å². The van der Waals surface area contributed by atoms with E-state index in [-0.39, 0.29) is 29.8 Å². The summed E-state index contributed by atoms with van der Waals surface area (Å²) in [6, 6.07) is 0. The van der Waals surface area contributed by atoms with Crippen LogP contribution in [0, 0.1) is 0 Å². The van der Waals surface area contributed by atoms with Gasteiger partial charge in [0.05, 0.1) is 19.0 Å². The van der Waals surface area contributed by atoms with Crippen LogP contribution in [0.25, 0.3) is 11.2 Å². The van der Waals surface area contributed by atoms with Gasteiger partial charge in [-0.25, -0.2) is 4.98 Å². The standard InChI is InChI=1S/C13H19N5O5/c1-5(2)22-9-8(20)6(3-19)23-12(9)18-4-15-7-10(18)16-13(14)17-11(7)21/h4-6,8-9,12,19-20H,3H2,1-2H3,(H3,14,16,17,21)/t6-,8-,9-,12-/m1/s1. The number of hydrogen-bond donors (Lipinski definition) is 4. The highest BCUT2D eigenvalue weighted by molar-refractivity contribution is 5.70. The molecule has 0 radical (unpaired) electrons. The van der Waals surface area contributed by atoms with Gasteiger partial charge in [-0.1, -0.05) is 0 Å². The summed E-state index contributed by atoms with van der Waals surface area (Å²) in [6.07, 6.45) is -2.16. The van der Waals surface area contributed by atoms with E-state index in [4.69, 9.17) is 15.2 Å². The van der Waals surface area contributed by atoms with Crippen molar-refractivity contribution in [1.29, 1.82) is 0 Å². The number of aromatic amines is 1. The van der Waals surface area contributed by atoms with Crippen LogP contribution in [0.5, 0.6) is 0 Å². The first kappa shape index (κ1) is 15.9. The van der Waals surface area contributed by atoms with E-state index < -0.39 is 30.1 Å². The van der Waals surface area contributed by atoms with E-state index in [1.54, 1.807) is 0 Å². The molecule has 0 amide bonds. The quantitative estimate of drug-likeness (QED) is 0.544. The number of ether oxygens (including phenoxy) is 2. The van der Waals surface area contributed by atoms with Crippen molar-refractivity contribution in [2.75, 3.05) is 12.3 Å². The van der Waals surface area contributed by atoms with Gasteiger partial charge in [0.2, 0.25) is 5.95 Å². The molecular formula is C13H19N5O5. The molecule has 0 bridgehead atoms. The van der Waals surface area contributed by atoms with Crippen LogP contribution in [0.1, 0.15) is 20.1 Å². The molecule has 0 aromatic carbocycles. The molecule has 23 heavy (non-hydrogen) atoms. The molecule has 2 aromatic heterocycles. The number of fused-ring (bicyclic) bond motifs is 1. The Labute approximate surface area is 130 Å². The number of aromatic nitrogens is 4. The largest absolute Gasteiger partial charge is 0.394 e. The van der Waals surface area contributed by atoms with Crippen molar-refractivity contribution in [3.63, 3.8) is 0 Å². The Hall–Kier alpha value is -2.01. The molecule has 3 rings (SSSR count). The number of nitrogen functional groups attached to an aromatic ring is 1. The molecular weight excluding hydrogens is 306 g/mol. The minimum atomic E-state index is -1.02. The molecule has 10 nitrogen and oxygen atoms in total. The Kier molecular flexibility index (Phi) is 4.06. The van der Waals surface area contributed by atoms with Crippen molar-refractivity contribution in [2.45, 2.75) is 44.5 Å². The summed E-state index contributed by atoms with van der Waals surface area (Å²) >= 11 is 0. The predicted octanol–water partition coefficient (Wildman–Crippen LogP) is -1.25. The normalized spacial score (nSPS) is 28.0. The van der Waals surface area contributed by atoms with Gasteiger partial charge in [0.1, 0.15) is 18.3 Å². The zero-order valence-corrected chi connectivity index (χ0v) is 12.7. The fourth-order valence-corrected chi connectivity index (χ4v) is 2.68. The summed E-state index contributed by atoms with van der Waals surface area (Å²) < 4.78 is 12.9. The van der Waals surface area contributed by atoms with Crippen molar-refractivity contribution in [3.8, 4) is 0 Å². The van der Waals surface area contributed by atoms with Gasteiger partial charge in [0.15, 0.2) is 17.4 Å². The lowest BCUT2D eigenvalue weighted by molar-refractivity contribution is -0.0899. The third-order valence-electron chi connectivity index (χ3n) is 3.65. The highest BCUT2D eigenvalue weighted by Crippen LogP contribution is 2.33. The predicted molar refractivity (Wildman–Crippen MR) is 79.6 cm³/mol. The SMILES string of the molecule is CC(C)O[C@@H]1[C@H](O)[C@@H](CO)O[C@H]1n1cnc2c(=O)[nH]c(N)nc21. The summed E-state index contributed by atoms with van der Waals surface area (Å²) in [5.74, 6) is -0.0529. The van der Waals surface area contributed by atoms with E-state index in [0.29, 0.717) is 0 Å². The van der Waals surface area contributed by atoms with Gasteiger partial charge in [-0.3, -0.25) is 14.3 Å². The number of rotatable bonds is 4. The maximum Gasteiger partial charge on any atom is 0.280 e. The third kappa shape index (κ3) is 2.70. The molecule has 1 saturated heterocycles. The van der Waals surface area contributed by atoms with Gasteiger partial charge >= 0.3 is 0 Å². The number of nitrogens with one attached hydrogen (secondary N) is 1. The van der Waals surface area contributed by atoms with Crippen molar-refractivity contribution in [1.82, 2.24) is 19.5 Å². The van der Waals surface area contributed by atoms with Gasteiger partial charge < -0.3 is 25.4 Å². The molecule has 2 aromatic rings. The third-order valence-corrected chi connectivity index (χ3v) is 3.65. The number of aliphatic hydroxyl groups excluding tert-OH is 2. The van der Waals surface area contributed by atoms with Crippen LogP contribution < -0.4 is 11.3 Å². The number of hydrogen-bond acceptors (Lipinski definition) is 8. The fraction of sp³-hybridized carbons (Fsp3) is 0.615.